The molecule has 0 aromatic heterocycles. The largest absolute Gasteiger partial charge is 0.488 e. The van der Waals surface area contributed by atoms with Crippen molar-refractivity contribution < 1.29 is 34.1 Å². The van der Waals surface area contributed by atoms with E-state index >= 15 is 0 Å². The first-order chi connectivity index (χ1) is 16.4. The second-order valence-electron chi connectivity index (χ2n) is 8.02. The quantitative estimate of drug-likeness (QED) is 0.519. The highest BCUT2D eigenvalue weighted by Crippen LogP contribution is 2.36. The predicted molar refractivity (Wildman–Crippen MR) is 125 cm³/mol. The van der Waals surface area contributed by atoms with E-state index in [0.29, 0.717) is 13.2 Å². The lowest BCUT2D eigenvalue weighted by Gasteiger charge is -2.30. The Hall–Kier alpha value is -3.65. The molecule has 0 radical (unpaired) electrons. The lowest BCUT2D eigenvalue weighted by atomic mass is 9.93. The summed E-state index contributed by atoms with van der Waals surface area (Å²) in [6, 6.07) is 16.7. The molecule has 0 saturated carbocycles. The fourth-order valence-electron chi connectivity index (χ4n) is 4.14. The number of benzene rings is 2. The second kappa shape index (κ2) is 12.0. The molecule has 1 fully saturated rings. The van der Waals surface area contributed by atoms with Crippen molar-refractivity contribution in [2.45, 2.75) is 26.4 Å². The van der Waals surface area contributed by atoms with E-state index in [-0.39, 0.29) is 11.9 Å². The molecule has 2 N–H and O–H groups in total. The number of esters is 1. The molecule has 180 valence electrons. The maximum absolute atomic E-state index is 12.1. The molecule has 34 heavy (non-hydrogen) atoms. The zero-order chi connectivity index (χ0) is 24.5. The van der Waals surface area contributed by atoms with Gasteiger partial charge in [0.15, 0.2) is 0 Å². The summed E-state index contributed by atoms with van der Waals surface area (Å²) < 4.78 is 11.3. The highest BCUT2D eigenvalue weighted by Gasteiger charge is 2.26. The van der Waals surface area contributed by atoms with Crippen LogP contribution in [0.5, 0.6) is 5.75 Å². The van der Waals surface area contributed by atoms with Crippen LogP contribution < -0.4 is 4.74 Å². The van der Waals surface area contributed by atoms with Crippen LogP contribution >= 0.6 is 0 Å². The monoisotopic (exact) mass is 467 g/mol. The van der Waals surface area contributed by atoms with Crippen molar-refractivity contribution in [2.75, 3.05) is 26.2 Å². The number of ether oxygens (including phenoxy) is 2. The van der Waals surface area contributed by atoms with E-state index in [4.69, 9.17) is 29.3 Å². The van der Waals surface area contributed by atoms with Crippen LogP contribution in [0.3, 0.4) is 0 Å². The van der Waals surface area contributed by atoms with Gasteiger partial charge < -0.3 is 19.7 Å². The number of carbonyl (C=O) groups is 3. The maximum Gasteiger partial charge on any atom is 0.414 e. The van der Waals surface area contributed by atoms with Gasteiger partial charge in [0.05, 0.1) is 12.5 Å². The van der Waals surface area contributed by atoms with E-state index in [2.05, 4.69) is 47.4 Å². The number of carboxylic acids is 2. The molecule has 4 rings (SSSR count). The van der Waals surface area contributed by atoms with E-state index in [1.807, 2.05) is 19.1 Å². The standard InChI is InChI=1S/C24H27NO3.C2H2O4/c1-2-27-24(26)18-9-7-14-25(16-18)15-13-21-20-10-4-3-8-19(20)17-28-23-12-6-5-11-22(21)23;3-1(4)2(5)6/h3-6,8,10-13,18H,2,7,9,14-17H2,1H3;(H,3,4)(H,5,6). The first-order valence-electron chi connectivity index (χ1n) is 11.3. The number of aliphatic carboxylic acids is 2. The molecule has 8 nitrogen and oxygen atoms in total. The number of rotatable bonds is 4. The average molecular weight is 468 g/mol. The normalized spacial score (nSPS) is 18.3. The van der Waals surface area contributed by atoms with Crippen molar-refractivity contribution in [1.29, 1.82) is 0 Å². The van der Waals surface area contributed by atoms with Crippen molar-refractivity contribution in [3.05, 3.63) is 71.3 Å². The molecule has 2 aromatic carbocycles. The first-order valence-corrected chi connectivity index (χ1v) is 11.3. The second-order valence-corrected chi connectivity index (χ2v) is 8.02. The Bertz CT molecular complexity index is 1000. The Balaban J connectivity index is 0.000000481. The van der Waals surface area contributed by atoms with Crippen molar-refractivity contribution in [1.82, 2.24) is 4.90 Å². The van der Waals surface area contributed by atoms with Gasteiger partial charge >= 0.3 is 17.9 Å². The number of fused-ring (bicyclic) bond motifs is 2. The van der Waals surface area contributed by atoms with Gasteiger partial charge in [0.2, 0.25) is 0 Å². The van der Waals surface area contributed by atoms with Crippen LogP contribution in [0, 0.1) is 5.92 Å². The minimum absolute atomic E-state index is 0.0101. The summed E-state index contributed by atoms with van der Waals surface area (Å²) in [5.74, 6) is -2.79. The van der Waals surface area contributed by atoms with Crippen LogP contribution in [0.25, 0.3) is 5.57 Å². The van der Waals surface area contributed by atoms with E-state index < -0.39 is 11.9 Å². The number of nitrogens with zero attached hydrogens (tertiary/aromatic N) is 1. The van der Waals surface area contributed by atoms with E-state index in [1.54, 1.807) is 0 Å². The smallest absolute Gasteiger partial charge is 0.414 e. The molecular formula is C26H29NO7. The minimum Gasteiger partial charge on any atom is -0.488 e. The summed E-state index contributed by atoms with van der Waals surface area (Å²) in [4.78, 5) is 32.7. The molecule has 1 unspecified atom stereocenters. The number of hydrogen-bond donors (Lipinski definition) is 2. The molecule has 0 aliphatic carbocycles. The molecule has 0 spiro atoms. The Morgan fingerprint density at radius 2 is 1.74 bits per heavy atom. The van der Waals surface area contributed by atoms with Crippen molar-refractivity contribution >= 4 is 23.5 Å². The van der Waals surface area contributed by atoms with Crippen LogP contribution in [0.15, 0.2) is 54.6 Å². The first kappa shape index (κ1) is 25.0. The number of para-hydroxylation sites is 1. The molecule has 0 bridgehead atoms. The van der Waals surface area contributed by atoms with Crippen LogP contribution in [-0.4, -0.2) is 59.3 Å². The number of carboxylic acid groups (broad SMARTS) is 2. The van der Waals surface area contributed by atoms with Gasteiger partial charge in [0.1, 0.15) is 12.4 Å². The Kier molecular flexibility index (Phi) is 8.81. The Labute approximate surface area is 198 Å². The van der Waals surface area contributed by atoms with Crippen molar-refractivity contribution in [3.8, 4) is 5.75 Å². The number of piperidine rings is 1. The average Bonchev–Trinajstić information content (AvgIpc) is 3.00. The molecular weight excluding hydrogens is 438 g/mol. The third-order valence-corrected chi connectivity index (χ3v) is 5.73. The van der Waals surface area contributed by atoms with E-state index in [0.717, 1.165) is 43.8 Å². The summed E-state index contributed by atoms with van der Waals surface area (Å²) in [5, 5.41) is 14.8. The van der Waals surface area contributed by atoms with Gasteiger partial charge in [-0.3, -0.25) is 9.69 Å². The topological polar surface area (TPSA) is 113 Å². The van der Waals surface area contributed by atoms with Gasteiger partial charge in [0, 0.05) is 18.7 Å². The third kappa shape index (κ3) is 6.45. The van der Waals surface area contributed by atoms with E-state index in [1.165, 1.54) is 16.7 Å². The molecule has 1 saturated heterocycles. The lowest BCUT2D eigenvalue weighted by Crippen LogP contribution is -2.39. The highest BCUT2D eigenvalue weighted by atomic mass is 16.5. The number of carbonyl (C=O) groups excluding carboxylic acids is 1. The minimum atomic E-state index is -1.82. The fourth-order valence-corrected chi connectivity index (χ4v) is 4.14. The van der Waals surface area contributed by atoms with Gasteiger partial charge in [-0.25, -0.2) is 9.59 Å². The highest BCUT2D eigenvalue weighted by molar-refractivity contribution is 6.27. The fraction of sp³-hybridized carbons (Fsp3) is 0.346. The molecule has 2 aliphatic heterocycles. The summed E-state index contributed by atoms with van der Waals surface area (Å²) >= 11 is 0. The van der Waals surface area contributed by atoms with Gasteiger partial charge in [-0.1, -0.05) is 48.5 Å². The zero-order valence-electron chi connectivity index (χ0n) is 19.1. The maximum atomic E-state index is 12.1. The molecule has 2 heterocycles. The third-order valence-electron chi connectivity index (χ3n) is 5.73. The van der Waals surface area contributed by atoms with Gasteiger partial charge in [0.25, 0.3) is 0 Å². The summed E-state index contributed by atoms with van der Waals surface area (Å²) in [6.45, 7) is 5.49. The van der Waals surface area contributed by atoms with Gasteiger partial charge in [-0.15, -0.1) is 0 Å². The van der Waals surface area contributed by atoms with Gasteiger partial charge in [-0.05, 0) is 49.1 Å². The summed E-state index contributed by atoms with van der Waals surface area (Å²) in [7, 11) is 0. The number of likely N-dealkylation sites (tertiary alicyclic amines) is 1. The molecule has 1 atom stereocenters. The Morgan fingerprint density at radius 3 is 2.44 bits per heavy atom. The number of hydrogen-bond acceptors (Lipinski definition) is 6. The van der Waals surface area contributed by atoms with E-state index in [9.17, 15) is 4.79 Å². The Morgan fingerprint density at radius 1 is 1.06 bits per heavy atom. The lowest BCUT2D eigenvalue weighted by molar-refractivity contribution is -0.159. The van der Waals surface area contributed by atoms with Crippen LogP contribution in [0.2, 0.25) is 0 Å². The van der Waals surface area contributed by atoms with Gasteiger partial charge in [-0.2, -0.15) is 0 Å². The summed E-state index contributed by atoms with van der Waals surface area (Å²) in [5.41, 5.74) is 4.77. The zero-order valence-corrected chi connectivity index (χ0v) is 19.1. The van der Waals surface area contributed by atoms with Crippen molar-refractivity contribution in [3.63, 3.8) is 0 Å². The SMILES string of the molecule is CCOC(=O)C1CCCN(CC=C2c3ccccc3COc3ccccc32)C1.O=C(O)C(=O)O. The summed E-state index contributed by atoms with van der Waals surface area (Å²) in [6.07, 6.45) is 4.24. The van der Waals surface area contributed by atoms with Crippen molar-refractivity contribution in [2.24, 2.45) is 5.92 Å². The van der Waals surface area contributed by atoms with Crippen LogP contribution in [-0.2, 0) is 25.7 Å². The molecule has 8 heteroatoms. The van der Waals surface area contributed by atoms with Crippen LogP contribution in [0.4, 0.5) is 0 Å². The molecule has 0 amide bonds. The molecule has 2 aliphatic rings. The molecule has 2 aromatic rings. The van der Waals surface area contributed by atoms with Crippen LogP contribution in [0.1, 0.15) is 36.5 Å². The predicted octanol–water partition coefficient (Wildman–Crippen LogP) is 3.44.